The van der Waals surface area contributed by atoms with Crippen molar-refractivity contribution in [2.75, 3.05) is 14.1 Å². The van der Waals surface area contributed by atoms with Crippen molar-refractivity contribution in [3.63, 3.8) is 0 Å². The molecule has 0 aliphatic carbocycles. The first-order valence-electron chi connectivity index (χ1n) is 4.48. The fraction of sp³-hybridized carbons (Fsp3) is 0.200. The average Bonchev–Trinajstić information content (AvgIpc) is 2.64. The van der Waals surface area contributed by atoms with Gasteiger partial charge in [0.1, 0.15) is 11.4 Å². The van der Waals surface area contributed by atoms with Gasteiger partial charge in [0.15, 0.2) is 0 Å². The highest BCUT2D eigenvalue weighted by atomic mass is 16.6. The summed E-state index contributed by atoms with van der Waals surface area (Å²) in [6, 6.07) is 3.43. The summed E-state index contributed by atoms with van der Waals surface area (Å²) in [6.45, 7) is 0. The van der Waals surface area contributed by atoms with E-state index < -0.39 is 6.09 Å². The molecule has 0 aliphatic heterocycles. The van der Waals surface area contributed by atoms with Gasteiger partial charge in [-0.3, -0.25) is 0 Å². The van der Waals surface area contributed by atoms with Gasteiger partial charge < -0.3 is 14.0 Å². The molecule has 5 heteroatoms. The van der Waals surface area contributed by atoms with Crippen LogP contribution in [0.2, 0.25) is 0 Å². The van der Waals surface area contributed by atoms with Crippen molar-refractivity contribution < 1.29 is 9.53 Å². The molecule has 1 amide bonds. The molecule has 2 rings (SSSR count). The number of hydrogen-bond acceptors (Lipinski definition) is 3. The molecule has 0 spiro atoms. The Bertz CT molecular complexity index is 490. The van der Waals surface area contributed by atoms with Gasteiger partial charge >= 0.3 is 6.09 Å². The van der Waals surface area contributed by atoms with Crippen molar-refractivity contribution in [3.8, 4) is 5.75 Å². The van der Waals surface area contributed by atoms with Crippen LogP contribution in [0.5, 0.6) is 5.75 Å². The summed E-state index contributed by atoms with van der Waals surface area (Å²) in [5.41, 5.74) is 0.749. The molecule has 2 aromatic rings. The minimum Gasteiger partial charge on any atom is -0.410 e. The molecule has 0 atom stereocenters. The maximum atomic E-state index is 11.3. The number of fused-ring (bicyclic) bond motifs is 1. The molecule has 0 saturated carbocycles. The summed E-state index contributed by atoms with van der Waals surface area (Å²) in [5.74, 6) is 0.493. The number of nitrogens with zero attached hydrogens (tertiary/aromatic N) is 3. The van der Waals surface area contributed by atoms with Gasteiger partial charge in [0.2, 0.25) is 0 Å². The van der Waals surface area contributed by atoms with E-state index >= 15 is 0 Å². The number of amides is 1. The maximum Gasteiger partial charge on any atom is 0.414 e. The number of pyridine rings is 1. The van der Waals surface area contributed by atoms with Crippen LogP contribution in [0.4, 0.5) is 4.79 Å². The van der Waals surface area contributed by atoms with E-state index in [0.29, 0.717) is 5.75 Å². The van der Waals surface area contributed by atoms with E-state index in [0.717, 1.165) is 5.65 Å². The largest absolute Gasteiger partial charge is 0.414 e. The molecule has 15 heavy (non-hydrogen) atoms. The van der Waals surface area contributed by atoms with Crippen molar-refractivity contribution in [1.29, 1.82) is 0 Å². The van der Waals surface area contributed by atoms with Crippen molar-refractivity contribution in [2.45, 2.75) is 0 Å². The summed E-state index contributed by atoms with van der Waals surface area (Å²) in [4.78, 5) is 16.7. The maximum absolute atomic E-state index is 11.3. The van der Waals surface area contributed by atoms with Crippen molar-refractivity contribution in [2.24, 2.45) is 0 Å². The number of carbonyl (C=O) groups excluding carboxylic acids is 1. The molecule has 2 heterocycles. The molecule has 0 radical (unpaired) electrons. The number of imidazole rings is 1. The molecule has 0 bridgehead atoms. The summed E-state index contributed by atoms with van der Waals surface area (Å²) >= 11 is 0. The molecule has 0 aliphatic rings. The van der Waals surface area contributed by atoms with E-state index in [2.05, 4.69) is 4.98 Å². The molecule has 0 saturated heterocycles. The lowest BCUT2D eigenvalue weighted by molar-refractivity contribution is 0.172. The fourth-order valence-electron chi connectivity index (χ4n) is 1.15. The minimum absolute atomic E-state index is 0.397. The Labute approximate surface area is 86.9 Å². The third-order valence-electron chi connectivity index (χ3n) is 1.94. The summed E-state index contributed by atoms with van der Waals surface area (Å²) in [7, 11) is 3.27. The standard InChI is InChI=1S/C10H11N3O2/c1-12(2)10(14)15-8-3-5-13-6-4-11-9(13)7-8/h3-7H,1-2H3. The quantitative estimate of drug-likeness (QED) is 0.706. The summed E-state index contributed by atoms with van der Waals surface area (Å²) < 4.78 is 6.93. The fourth-order valence-corrected chi connectivity index (χ4v) is 1.15. The second kappa shape index (κ2) is 3.61. The molecule has 0 aromatic carbocycles. The molecule has 5 nitrogen and oxygen atoms in total. The zero-order valence-electron chi connectivity index (χ0n) is 8.54. The number of ether oxygens (including phenoxy) is 1. The van der Waals surface area contributed by atoms with Gasteiger partial charge in [-0.05, 0) is 6.07 Å². The zero-order valence-corrected chi connectivity index (χ0v) is 8.54. The Hall–Kier alpha value is -2.04. The first kappa shape index (κ1) is 9.51. The van der Waals surface area contributed by atoms with E-state index in [1.807, 2.05) is 10.6 Å². The second-order valence-corrected chi connectivity index (χ2v) is 3.32. The van der Waals surface area contributed by atoms with Gasteiger partial charge in [0.05, 0.1) is 0 Å². The van der Waals surface area contributed by atoms with Crippen LogP contribution in [-0.2, 0) is 0 Å². The van der Waals surface area contributed by atoms with Crippen LogP contribution in [0.15, 0.2) is 30.7 Å². The van der Waals surface area contributed by atoms with E-state index in [1.165, 1.54) is 4.90 Å². The Morgan fingerprint density at radius 3 is 3.00 bits per heavy atom. The van der Waals surface area contributed by atoms with Crippen molar-refractivity contribution >= 4 is 11.7 Å². The van der Waals surface area contributed by atoms with Crippen LogP contribution in [0.1, 0.15) is 0 Å². The first-order valence-corrected chi connectivity index (χ1v) is 4.48. The molecular formula is C10H11N3O2. The Morgan fingerprint density at radius 2 is 2.27 bits per heavy atom. The Kier molecular flexibility index (Phi) is 2.29. The summed E-state index contributed by atoms with van der Waals surface area (Å²) in [5, 5.41) is 0. The highest BCUT2D eigenvalue weighted by molar-refractivity contribution is 5.70. The van der Waals surface area contributed by atoms with Crippen LogP contribution < -0.4 is 4.74 Å². The highest BCUT2D eigenvalue weighted by Crippen LogP contribution is 2.13. The highest BCUT2D eigenvalue weighted by Gasteiger charge is 2.06. The Morgan fingerprint density at radius 1 is 1.47 bits per heavy atom. The molecule has 0 N–H and O–H groups in total. The molecular weight excluding hydrogens is 194 g/mol. The van der Waals surface area contributed by atoms with Crippen LogP contribution in [0, 0.1) is 0 Å². The Balaban J connectivity index is 2.25. The lowest BCUT2D eigenvalue weighted by atomic mass is 10.4. The van der Waals surface area contributed by atoms with Gasteiger partial charge in [0.25, 0.3) is 0 Å². The van der Waals surface area contributed by atoms with Gasteiger partial charge in [-0.1, -0.05) is 0 Å². The van der Waals surface area contributed by atoms with Gasteiger partial charge in [-0.15, -0.1) is 0 Å². The number of hydrogen-bond donors (Lipinski definition) is 0. The molecule has 0 unspecified atom stereocenters. The van der Waals surface area contributed by atoms with Crippen LogP contribution in [0.3, 0.4) is 0 Å². The molecule has 2 aromatic heterocycles. The van der Waals surface area contributed by atoms with Crippen molar-refractivity contribution in [1.82, 2.24) is 14.3 Å². The van der Waals surface area contributed by atoms with Crippen molar-refractivity contribution in [3.05, 3.63) is 30.7 Å². The summed E-state index contributed by atoms with van der Waals surface area (Å²) in [6.07, 6.45) is 4.91. The van der Waals surface area contributed by atoms with Crippen LogP contribution in [0.25, 0.3) is 5.65 Å². The first-order chi connectivity index (χ1) is 7.16. The van der Waals surface area contributed by atoms with Crippen LogP contribution in [-0.4, -0.2) is 34.5 Å². The average molecular weight is 205 g/mol. The van der Waals surface area contributed by atoms with E-state index in [-0.39, 0.29) is 0 Å². The smallest absolute Gasteiger partial charge is 0.410 e. The van der Waals surface area contributed by atoms with Gasteiger partial charge in [-0.2, -0.15) is 0 Å². The third-order valence-corrected chi connectivity index (χ3v) is 1.94. The minimum atomic E-state index is -0.397. The normalized spacial score (nSPS) is 10.3. The zero-order chi connectivity index (χ0) is 10.8. The number of carbonyl (C=O) groups is 1. The number of aromatic nitrogens is 2. The molecule has 78 valence electrons. The SMILES string of the molecule is CN(C)C(=O)Oc1ccn2ccnc2c1. The lowest BCUT2D eigenvalue weighted by Crippen LogP contribution is -2.25. The monoisotopic (exact) mass is 205 g/mol. The molecule has 0 fully saturated rings. The van der Waals surface area contributed by atoms with Gasteiger partial charge in [-0.25, -0.2) is 9.78 Å². The topological polar surface area (TPSA) is 46.8 Å². The van der Waals surface area contributed by atoms with E-state index in [9.17, 15) is 4.79 Å². The predicted octanol–water partition coefficient (Wildman–Crippen LogP) is 1.39. The lowest BCUT2D eigenvalue weighted by Gasteiger charge is -2.10. The van der Waals surface area contributed by atoms with E-state index in [4.69, 9.17) is 4.74 Å². The number of rotatable bonds is 1. The van der Waals surface area contributed by atoms with Crippen LogP contribution >= 0.6 is 0 Å². The van der Waals surface area contributed by atoms with Gasteiger partial charge in [0, 0.05) is 38.8 Å². The predicted molar refractivity (Wildman–Crippen MR) is 54.9 cm³/mol. The second-order valence-electron chi connectivity index (χ2n) is 3.32. The van der Waals surface area contributed by atoms with E-state index in [1.54, 1.807) is 38.6 Å². The third kappa shape index (κ3) is 1.90.